The quantitative estimate of drug-likeness (QED) is 0.293. The van der Waals surface area contributed by atoms with Crippen LogP contribution in [-0.2, 0) is 20.8 Å². The van der Waals surface area contributed by atoms with Gasteiger partial charge in [-0.05, 0) is 50.1 Å². The van der Waals surface area contributed by atoms with Crippen LogP contribution >= 0.6 is 22.9 Å². The molecule has 2 heterocycles. The Labute approximate surface area is 201 Å². The first-order valence-electron chi connectivity index (χ1n) is 10.5. The van der Waals surface area contributed by atoms with Gasteiger partial charge in [-0.1, -0.05) is 54.1 Å². The number of nitrogens with zero attached hydrogens (tertiary/aromatic N) is 1. The van der Waals surface area contributed by atoms with Gasteiger partial charge in [0.1, 0.15) is 17.0 Å². The van der Waals surface area contributed by atoms with E-state index in [4.69, 9.17) is 21.1 Å². The van der Waals surface area contributed by atoms with Crippen molar-refractivity contribution in [2.75, 3.05) is 7.11 Å². The number of esters is 2. The van der Waals surface area contributed by atoms with E-state index in [-0.39, 0.29) is 12.5 Å². The van der Waals surface area contributed by atoms with Crippen LogP contribution in [0.15, 0.2) is 60.7 Å². The van der Waals surface area contributed by atoms with E-state index in [2.05, 4.69) is 0 Å². The zero-order valence-electron chi connectivity index (χ0n) is 18.8. The molecule has 0 amide bonds. The zero-order valence-corrected chi connectivity index (χ0v) is 20.4. The number of carbonyl (C=O) groups is 2. The summed E-state index contributed by atoms with van der Waals surface area (Å²) in [6.45, 7) is 5.51. The SMILES string of the molecule is COC(=O)c1cc2c(s1)c(-c1ccccc1)c(-c1ccc(Cl)cc1)n2CC(=O)OC(C)(C)C. The van der Waals surface area contributed by atoms with Gasteiger partial charge in [-0.15, -0.1) is 11.3 Å². The molecule has 2 aromatic carbocycles. The van der Waals surface area contributed by atoms with Crippen molar-refractivity contribution in [3.63, 3.8) is 0 Å². The van der Waals surface area contributed by atoms with Gasteiger partial charge in [0.25, 0.3) is 0 Å². The molecule has 0 aliphatic carbocycles. The molecule has 0 saturated heterocycles. The Morgan fingerprint density at radius 1 is 1.00 bits per heavy atom. The van der Waals surface area contributed by atoms with E-state index in [9.17, 15) is 9.59 Å². The number of methoxy groups -OCH3 is 1. The molecule has 5 nitrogen and oxygen atoms in total. The molecular weight excluding hydrogens is 458 g/mol. The largest absolute Gasteiger partial charge is 0.465 e. The van der Waals surface area contributed by atoms with Gasteiger partial charge in [0, 0.05) is 10.6 Å². The second-order valence-electron chi connectivity index (χ2n) is 8.59. The first-order chi connectivity index (χ1) is 15.7. The number of hydrogen-bond donors (Lipinski definition) is 0. The number of carbonyl (C=O) groups excluding carboxylic acids is 2. The number of aromatic nitrogens is 1. The lowest BCUT2D eigenvalue weighted by Crippen LogP contribution is -2.26. The highest BCUT2D eigenvalue weighted by Crippen LogP contribution is 2.45. The van der Waals surface area contributed by atoms with Crippen LogP contribution in [-0.4, -0.2) is 29.2 Å². The molecule has 2 aromatic heterocycles. The maximum absolute atomic E-state index is 12.9. The van der Waals surface area contributed by atoms with Crippen molar-refractivity contribution in [1.29, 1.82) is 0 Å². The Morgan fingerprint density at radius 3 is 2.27 bits per heavy atom. The Balaban J connectivity index is 2.01. The van der Waals surface area contributed by atoms with Gasteiger partial charge in [0.05, 0.1) is 23.0 Å². The zero-order chi connectivity index (χ0) is 23.8. The molecule has 0 saturated carbocycles. The van der Waals surface area contributed by atoms with Gasteiger partial charge < -0.3 is 14.0 Å². The summed E-state index contributed by atoms with van der Waals surface area (Å²) in [6.07, 6.45) is 0. The minimum atomic E-state index is -0.613. The molecule has 0 unspecified atom stereocenters. The Kier molecular flexibility index (Phi) is 6.32. The van der Waals surface area contributed by atoms with Crippen molar-refractivity contribution >= 4 is 45.1 Å². The predicted molar refractivity (Wildman–Crippen MR) is 133 cm³/mol. The molecule has 33 heavy (non-hydrogen) atoms. The summed E-state index contributed by atoms with van der Waals surface area (Å²) in [4.78, 5) is 25.7. The summed E-state index contributed by atoms with van der Waals surface area (Å²) >= 11 is 7.50. The smallest absolute Gasteiger partial charge is 0.348 e. The molecule has 4 aromatic rings. The van der Waals surface area contributed by atoms with Crippen LogP contribution in [0.5, 0.6) is 0 Å². The highest BCUT2D eigenvalue weighted by Gasteiger charge is 2.26. The van der Waals surface area contributed by atoms with E-state index in [1.54, 1.807) is 6.07 Å². The van der Waals surface area contributed by atoms with Crippen molar-refractivity contribution in [3.05, 3.63) is 70.6 Å². The molecule has 0 aliphatic rings. The molecule has 0 fully saturated rings. The molecule has 170 valence electrons. The highest BCUT2D eigenvalue weighted by molar-refractivity contribution is 7.21. The molecule has 0 aliphatic heterocycles. The average Bonchev–Trinajstić information content (AvgIpc) is 3.31. The van der Waals surface area contributed by atoms with E-state index in [0.717, 1.165) is 32.6 Å². The summed E-state index contributed by atoms with van der Waals surface area (Å²) in [6, 6.07) is 19.2. The lowest BCUT2D eigenvalue weighted by molar-refractivity contribution is -0.155. The van der Waals surface area contributed by atoms with Crippen LogP contribution in [0.4, 0.5) is 0 Å². The number of benzene rings is 2. The van der Waals surface area contributed by atoms with Gasteiger partial charge >= 0.3 is 11.9 Å². The van der Waals surface area contributed by atoms with Crippen LogP contribution in [0.3, 0.4) is 0 Å². The van der Waals surface area contributed by atoms with Crippen molar-refractivity contribution in [1.82, 2.24) is 4.57 Å². The minimum Gasteiger partial charge on any atom is -0.465 e. The van der Waals surface area contributed by atoms with E-state index >= 15 is 0 Å². The van der Waals surface area contributed by atoms with Gasteiger partial charge in [0.2, 0.25) is 0 Å². The van der Waals surface area contributed by atoms with Gasteiger partial charge in [-0.25, -0.2) is 4.79 Å². The molecule has 0 spiro atoms. The van der Waals surface area contributed by atoms with Crippen LogP contribution in [0.1, 0.15) is 30.4 Å². The molecule has 0 bridgehead atoms. The Hall–Kier alpha value is -3.09. The molecule has 0 radical (unpaired) electrons. The number of rotatable bonds is 5. The fourth-order valence-corrected chi connectivity index (χ4v) is 5.05. The second kappa shape index (κ2) is 9.04. The number of fused-ring (bicyclic) bond motifs is 1. The summed E-state index contributed by atoms with van der Waals surface area (Å²) in [5.74, 6) is -0.771. The van der Waals surface area contributed by atoms with Crippen molar-refractivity contribution in [3.8, 4) is 22.4 Å². The summed E-state index contributed by atoms with van der Waals surface area (Å²) in [5, 5.41) is 0.625. The van der Waals surface area contributed by atoms with Crippen molar-refractivity contribution in [2.45, 2.75) is 32.9 Å². The maximum Gasteiger partial charge on any atom is 0.348 e. The maximum atomic E-state index is 12.9. The summed E-state index contributed by atoms with van der Waals surface area (Å²) in [7, 11) is 1.36. The fourth-order valence-electron chi connectivity index (χ4n) is 3.77. The van der Waals surface area contributed by atoms with Crippen molar-refractivity contribution < 1.29 is 19.1 Å². The Morgan fingerprint density at radius 2 is 1.67 bits per heavy atom. The number of thiophene rings is 1. The third kappa shape index (κ3) is 4.82. The van der Waals surface area contributed by atoms with Gasteiger partial charge in [-0.3, -0.25) is 4.79 Å². The third-order valence-corrected chi connectivity index (χ3v) is 6.38. The van der Waals surface area contributed by atoms with Crippen LogP contribution in [0.25, 0.3) is 32.6 Å². The first-order valence-corrected chi connectivity index (χ1v) is 11.6. The summed E-state index contributed by atoms with van der Waals surface area (Å²) in [5.41, 5.74) is 3.85. The number of hydrogen-bond acceptors (Lipinski definition) is 5. The van der Waals surface area contributed by atoms with E-state index < -0.39 is 11.6 Å². The molecule has 7 heteroatoms. The standard InChI is InChI=1S/C26H24ClNO4S/c1-26(2,3)32-21(29)15-28-19-14-20(25(30)31-4)33-24(19)22(16-8-6-5-7-9-16)23(28)17-10-12-18(27)13-11-17/h5-14H,15H2,1-4H3. The molecule has 0 N–H and O–H groups in total. The van der Waals surface area contributed by atoms with E-state index in [1.165, 1.54) is 18.4 Å². The Bertz CT molecular complexity index is 1310. The number of ether oxygens (including phenoxy) is 2. The lowest BCUT2D eigenvalue weighted by atomic mass is 10.0. The normalized spacial score (nSPS) is 11.5. The van der Waals surface area contributed by atoms with Crippen LogP contribution in [0, 0.1) is 0 Å². The average molecular weight is 482 g/mol. The minimum absolute atomic E-state index is 0.00406. The first kappa shape index (κ1) is 23.1. The van der Waals surface area contributed by atoms with Gasteiger partial charge in [0.15, 0.2) is 0 Å². The number of halogens is 1. The van der Waals surface area contributed by atoms with E-state index in [0.29, 0.717) is 9.90 Å². The second-order valence-corrected chi connectivity index (χ2v) is 10.1. The topological polar surface area (TPSA) is 57.5 Å². The molecule has 4 rings (SSSR count). The molecule has 0 atom stereocenters. The fraction of sp³-hybridized carbons (Fsp3) is 0.231. The van der Waals surface area contributed by atoms with E-state index in [1.807, 2.05) is 79.9 Å². The summed E-state index contributed by atoms with van der Waals surface area (Å²) < 4.78 is 13.4. The highest BCUT2D eigenvalue weighted by atomic mass is 35.5. The van der Waals surface area contributed by atoms with Crippen LogP contribution in [0.2, 0.25) is 5.02 Å². The van der Waals surface area contributed by atoms with Crippen molar-refractivity contribution in [2.24, 2.45) is 0 Å². The predicted octanol–water partition coefficient (Wildman–Crippen LogP) is 6.82. The third-order valence-electron chi connectivity index (χ3n) is 5.01. The van der Waals surface area contributed by atoms with Gasteiger partial charge in [-0.2, -0.15) is 0 Å². The lowest BCUT2D eigenvalue weighted by Gasteiger charge is -2.20. The van der Waals surface area contributed by atoms with Crippen LogP contribution < -0.4 is 0 Å². The monoisotopic (exact) mass is 481 g/mol. The molecular formula is C26H24ClNO4S.